The third-order valence-electron chi connectivity index (χ3n) is 3.88. The second-order valence-electron chi connectivity index (χ2n) is 5.64. The maximum absolute atomic E-state index is 13.9. The Morgan fingerprint density at radius 3 is 2.78 bits per heavy atom. The molecule has 0 aliphatic heterocycles. The lowest BCUT2D eigenvalue weighted by Crippen LogP contribution is -2.48. The number of anilines is 1. The van der Waals surface area contributed by atoms with Crippen LogP contribution in [0.3, 0.4) is 0 Å². The quantitative estimate of drug-likeness (QED) is 0.758. The second-order valence-corrected chi connectivity index (χ2v) is 5.64. The van der Waals surface area contributed by atoms with E-state index in [1.54, 1.807) is 18.2 Å². The van der Waals surface area contributed by atoms with E-state index in [1.807, 2.05) is 13.8 Å². The third-order valence-corrected chi connectivity index (χ3v) is 3.88. The molecule has 1 heterocycles. The van der Waals surface area contributed by atoms with E-state index in [9.17, 15) is 9.18 Å². The van der Waals surface area contributed by atoms with Gasteiger partial charge in [0.1, 0.15) is 11.6 Å². The van der Waals surface area contributed by atoms with Crippen LogP contribution in [0.25, 0.3) is 11.3 Å². The Balaban J connectivity index is 2.13. The topological polar surface area (TPSA) is 74.5 Å². The summed E-state index contributed by atoms with van der Waals surface area (Å²) in [5.41, 5.74) is 0.188. The van der Waals surface area contributed by atoms with Crippen LogP contribution in [0.15, 0.2) is 41.0 Å². The van der Waals surface area contributed by atoms with Gasteiger partial charge in [0, 0.05) is 17.7 Å². The summed E-state index contributed by atoms with van der Waals surface area (Å²) in [6.45, 7) is 3.71. The van der Waals surface area contributed by atoms with Crippen molar-refractivity contribution in [3.05, 3.63) is 42.4 Å². The lowest BCUT2D eigenvalue weighted by Gasteiger charge is -2.29. The Kier molecular flexibility index (Phi) is 5.39. The number of hydrogen-bond acceptors (Lipinski definition) is 3. The van der Waals surface area contributed by atoms with Gasteiger partial charge in [-0.25, -0.2) is 9.18 Å². The molecule has 1 unspecified atom stereocenters. The van der Waals surface area contributed by atoms with E-state index in [4.69, 9.17) is 9.52 Å². The van der Waals surface area contributed by atoms with Crippen molar-refractivity contribution in [2.24, 2.45) is 0 Å². The predicted octanol–water partition coefficient (Wildman–Crippen LogP) is 3.76. The summed E-state index contributed by atoms with van der Waals surface area (Å²) in [6, 6.07) is 7.35. The molecular formula is C17H21FN2O3. The smallest absolute Gasteiger partial charge is 0.319 e. The highest BCUT2D eigenvalue weighted by molar-refractivity contribution is 5.90. The van der Waals surface area contributed by atoms with Crippen molar-refractivity contribution in [3.8, 4) is 11.3 Å². The standard InChI is InChI=1S/C17H21FN2O3/c1-3-17(2,8-9-21)20-16(22)19-14-11-12(6-7-13(14)18)15-5-4-10-23-15/h4-7,10-11,21H,3,8-9H2,1-2H3,(H2,19,20,22). The molecule has 2 aromatic rings. The number of amides is 2. The fourth-order valence-corrected chi connectivity index (χ4v) is 2.22. The highest BCUT2D eigenvalue weighted by Crippen LogP contribution is 2.25. The first-order valence-corrected chi connectivity index (χ1v) is 7.51. The fourth-order valence-electron chi connectivity index (χ4n) is 2.22. The number of hydrogen-bond donors (Lipinski definition) is 3. The monoisotopic (exact) mass is 320 g/mol. The van der Waals surface area contributed by atoms with Gasteiger partial charge in [0.15, 0.2) is 0 Å². The average Bonchev–Trinajstić information content (AvgIpc) is 3.04. The Morgan fingerprint density at radius 1 is 1.39 bits per heavy atom. The van der Waals surface area contributed by atoms with Crippen molar-refractivity contribution < 1.29 is 18.7 Å². The number of aliphatic hydroxyl groups is 1. The number of furan rings is 1. The molecule has 2 amide bonds. The molecule has 23 heavy (non-hydrogen) atoms. The number of halogens is 1. The van der Waals surface area contributed by atoms with E-state index in [1.165, 1.54) is 18.4 Å². The van der Waals surface area contributed by atoms with Crippen molar-refractivity contribution in [2.45, 2.75) is 32.2 Å². The van der Waals surface area contributed by atoms with Crippen molar-refractivity contribution in [3.63, 3.8) is 0 Å². The molecule has 2 rings (SSSR count). The zero-order valence-electron chi connectivity index (χ0n) is 13.2. The van der Waals surface area contributed by atoms with Crippen LogP contribution < -0.4 is 10.6 Å². The summed E-state index contributed by atoms with van der Waals surface area (Å²) in [7, 11) is 0. The molecule has 6 heteroatoms. The first-order chi connectivity index (χ1) is 11.0. The lowest BCUT2D eigenvalue weighted by atomic mass is 9.95. The minimum absolute atomic E-state index is 0.0348. The van der Waals surface area contributed by atoms with Gasteiger partial charge >= 0.3 is 6.03 Å². The zero-order chi connectivity index (χ0) is 16.9. The Labute approximate surface area is 134 Å². The van der Waals surface area contributed by atoms with E-state index < -0.39 is 17.4 Å². The molecule has 124 valence electrons. The summed E-state index contributed by atoms with van der Waals surface area (Å²) in [6.07, 6.45) is 2.60. The Bertz CT molecular complexity index is 658. The summed E-state index contributed by atoms with van der Waals surface area (Å²) < 4.78 is 19.2. The molecule has 0 fully saturated rings. The average molecular weight is 320 g/mol. The molecule has 0 aliphatic carbocycles. The number of aliphatic hydroxyl groups excluding tert-OH is 1. The number of rotatable bonds is 6. The Hall–Kier alpha value is -2.34. The molecule has 1 atom stereocenters. The van der Waals surface area contributed by atoms with Gasteiger partial charge in [-0.15, -0.1) is 0 Å². The number of urea groups is 1. The molecule has 1 aromatic carbocycles. The molecule has 3 N–H and O–H groups in total. The molecule has 1 aromatic heterocycles. The van der Waals surface area contributed by atoms with Crippen LogP contribution in [0, 0.1) is 5.82 Å². The SMILES string of the molecule is CCC(C)(CCO)NC(=O)Nc1cc(-c2ccco2)ccc1F. The fraction of sp³-hybridized carbons (Fsp3) is 0.353. The zero-order valence-corrected chi connectivity index (χ0v) is 13.2. The maximum Gasteiger partial charge on any atom is 0.319 e. The first-order valence-electron chi connectivity index (χ1n) is 7.51. The van der Waals surface area contributed by atoms with Crippen LogP contribution in [0.2, 0.25) is 0 Å². The van der Waals surface area contributed by atoms with Crippen LogP contribution in [-0.2, 0) is 0 Å². The highest BCUT2D eigenvalue weighted by Gasteiger charge is 2.24. The summed E-state index contributed by atoms with van der Waals surface area (Å²) in [5.74, 6) is 0.0583. The number of benzene rings is 1. The first kappa shape index (κ1) is 17.0. The van der Waals surface area contributed by atoms with Gasteiger partial charge in [-0.3, -0.25) is 0 Å². The maximum atomic E-state index is 13.9. The van der Waals surface area contributed by atoms with E-state index in [0.29, 0.717) is 24.2 Å². The molecule has 0 radical (unpaired) electrons. The van der Waals surface area contributed by atoms with Gasteiger partial charge in [-0.2, -0.15) is 0 Å². The number of carbonyl (C=O) groups is 1. The number of carbonyl (C=O) groups excluding carboxylic acids is 1. The van der Waals surface area contributed by atoms with E-state index in [-0.39, 0.29) is 12.3 Å². The highest BCUT2D eigenvalue weighted by atomic mass is 19.1. The van der Waals surface area contributed by atoms with E-state index in [2.05, 4.69) is 10.6 Å². The molecule has 0 bridgehead atoms. The second kappa shape index (κ2) is 7.28. The van der Waals surface area contributed by atoms with Crippen LogP contribution in [0.4, 0.5) is 14.9 Å². The summed E-state index contributed by atoms with van der Waals surface area (Å²) in [4.78, 5) is 12.1. The normalized spacial score (nSPS) is 13.4. The molecule has 0 saturated heterocycles. The molecule has 0 spiro atoms. The molecule has 5 nitrogen and oxygen atoms in total. The van der Waals surface area contributed by atoms with Crippen LogP contribution >= 0.6 is 0 Å². The van der Waals surface area contributed by atoms with Crippen molar-refractivity contribution in [1.82, 2.24) is 5.32 Å². The van der Waals surface area contributed by atoms with Gasteiger partial charge < -0.3 is 20.2 Å². The molecule has 0 saturated carbocycles. The van der Waals surface area contributed by atoms with Crippen molar-refractivity contribution >= 4 is 11.7 Å². The predicted molar refractivity (Wildman–Crippen MR) is 86.7 cm³/mol. The number of nitrogens with one attached hydrogen (secondary N) is 2. The molecule has 0 aliphatic rings. The largest absolute Gasteiger partial charge is 0.464 e. The Morgan fingerprint density at radius 2 is 2.17 bits per heavy atom. The van der Waals surface area contributed by atoms with Crippen molar-refractivity contribution in [1.29, 1.82) is 0 Å². The van der Waals surface area contributed by atoms with Gasteiger partial charge in [-0.1, -0.05) is 6.92 Å². The van der Waals surface area contributed by atoms with Crippen LogP contribution in [0.1, 0.15) is 26.7 Å². The van der Waals surface area contributed by atoms with Gasteiger partial charge in [0.25, 0.3) is 0 Å². The van der Waals surface area contributed by atoms with Gasteiger partial charge in [-0.05, 0) is 50.1 Å². The minimum Gasteiger partial charge on any atom is -0.464 e. The van der Waals surface area contributed by atoms with Gasteiger partial charge in [0.2, 0.25) is 0 Å². The molecular weight excluding hydrogens is 299 g/mol. The third kappa shape index (κ3) is 4.32. The summed E-state index contributed by atoms with van der Waals surface area (Å²) in [5, 5.41) is 14.4. The van der Waals surface area contributed by atoms with Gasteiger partial charge in [0.05, 0.1) is 12.0 Å². The summed E-state index contributed by atoms with van der Waals surface area (Å²) >= 11 is 0. The lowest BCUT2D eigenvalue weighted by molar-refractivity contribution is 0.208. The van der Waals surface area contributed by atoms with Crippen LogP contribution in [-0.4, -0.2) is 23.3 Å². The van der Waals surface area contributed by atoms with Crippen LogP contribution in [0.5, 0.6) is 0 Å². The van der Waals surface area contributed by atoms with E-state index in [0.717, 1.165) is 0 Å². The van der Waals surface area contributed by atoms with E-state index >= 15 is 0 Å². The minimum atomic E-state index is -0.548. The van der Waals surface area contributed by atoms with Crippen molar-refractivity contribution in [2.75, 3.05) is 11.9 Å².